The van der Waals surface area contributed by atoms with E-state index in [-0.39, 0.29) is 5.91 Å². The number of thiazole rings is 1. The quantitative estimate of drug-likeness (QED) is 0.678. The van der Waals surface area contributed by atoms with Gasteiger partial charge in [0.05, 0.1) is 5.69 Å². The van der Waals surface area contributed by atoms with Gasteiger partial charge in [-0.15, -0.1) is 11.3 Å². The topological polar surface area (TPSA) is 71.0 Å². The van der Waals surface area contributed by atoms with Gasteiger partial charge in [-0.1, -0.05) is 18.2 Å². The van der Waals surface area contributed by atoms with Crippen LogP contribution in [0.25, 0.3) is 10.8 Å². The molecule has 0 aliphatic rings. The first kappa shape index (κ1) is 19.0. The SMILES string of the molecule is CCN(CCNC(=O)c1sc(-c2ncccn2)nc1C)c1ccccc1C. The van der Waals surface area contributed by atoms with Crippen LogP contribution < -0.4 is 10.2 Å². The molecule has 1 amide bonds. The molecule has 6 nitrogen and oxygen atoms in total. The summed E-state index contributed by atoms with van der Waals surface area (Å²) in [6.07, 6.45) is 3.34. The van der Waals surface area contributed by atoms with Gasteiger partial charge in [0.25, 0.3) is 5.91 Å². The van der Waals surface area contributed by atoms with Crippen LogP contribution in [0.3, 0.4) is 0 Å². The maximum atomic E-state index is 12.6. The van der Waals surface area contributed by atoms with Crippen LogP contribution in [-0.2, 0) is 0 Å². The summed E-state index contributed by atoms with van der Waals surface area (Å²) in [7, 11) is 0. The Hall–Kier alpha value is -2.80. The Bertz CT molecular complexity index is 910. The molecule has 7 heteroatoms. The molecule has 0 aliphatic heterocycles. The predicted molar refractivity (Wildman–Crippen MR) is 109 cm³/mol. The number of likely N-dealkylation sites (N-methyl/N-ethyl adjacent to an activating group) is 1. The number of amides is 1. The van der Waals surface area contributed by atoms with Crippen molar-refractivity contribution in [3.05, 3.63) is 58.9 Å². The smallest absolute Gasteiger partial charge is 0.263 e. The van der Waals surface area contributed by atoms with Crippen molar-refractivity contribution in [2.24, 2.45) is 0 Å². The van der Waals surface area contributed by atoms with Crippen molar-refractivity contribution in [3.8, 4) is 10.8 Å². The normalized spacial score (nSPS) is 10.6. The number of nitrogens with one attached hydrogen (secondary N) is 1. The molecule has 1 aromatic carbocycles. The second-order valence-corrected chi connectivity index (χ2v) is 7.13. The Balaban J connectivity index is 1.63. The molecule has 0 atom stereocenters. The summed E-state index contributed by atoms with van der Waals surface area (Å²) in [6.45, 7) is 8.26. The molecule has 3 aromatic rings. The van der Waals surface area contributed by atoms with E-state index in [0.29, 0.717) is 27.9 Å². The van der Waals surface area contributed by atoms with Crippen LogP contribution in [0, 0.1) is 13.8 Å². The van der Waals surface area contributed by atoms with Crippen molar-refractivity contribution in [3.63, 3.8) is 0 Å². The molecular formula is C20H23N5OS. The van der Waals surface area contributed by atoms with E-state index in [4.69, 9.17) is 0 Å². The molecule has 0 unspecified atom stereocenters. The molecule has 1 N–H and O–H groups in total. The Morgan fingerprint density at radius 3 is 2.59 bits per heavy atom. The minimum Gasteiger partial charge on any atom is -0.370 e. The van der Waals surface area contributed by atoms with Crippen LogP contribution in [0.5, 0.6) is 0 Å². The van der Waals surface area contributed by atoms with E-state index in [1.165, 1.54) is 22.6 Å². The summed E-state index contributed by atoms with van der Waals surface area (Å²) in [5.41, 5.74) is 3.13. The Morgan fingerprint density at radius 2 is 1.89 bits per heavy atom. The van der Waals surface area contributed by atoms with E-state index in [1.807, 2.05) is 19.1 Å². The molecule has 0 bridgehead atoms. The minimum atomic E-state index is -0.104. The number of nitrogens with zero attached hydrogens (tertiary/aromatic N) is 4. The van der Waals surface area contributed by atoms with Gasteiger partial charge in [-0.2, -0.15) is 0 Å². The highest BCUT2D eigenvalue weighted by Crippen LogP contribution is 2.25. The third-order valence-corrected chi connectivity index (χ3v) is 5.42. The zero-order valence-electron chi connectivity index (χ0n) is 15.8. The maximum absolute atomic E-state index is 12.6. The van der Waals surface area contributed by atoms with Crippen LogP contribution in [0.1, 0.15) is 27.9 Å². The van der Waals surface area contributed by atoms with Crippen LogP contribution in [0.15, 0.2) is 42.7 Å². The van der Waals surface area contributed by atoms with Gasteiger partial charge in [0, 0.05) is 37.7 Å². The average molecular weight is 382 g/mol. The summed E-state index contributed by atoms with van der Waals surface area (Å²) in [6, 6.07) is 10.0. The number of hydrogen-bond acceptors (Lipinski definition) is 6. The highest BCUT2D eigenvalue weighted by Gasteiger charge is 2.17. The number of hydrogen-bond donors (Lipinski definition) is 1. The minimum absolute atomic E-state index is 0.104. The molecule has 0 aliphatic carbocycles. The zero-order valence-corrected chi connectivity index (χ0v) is 16.6. The van der Waals surface area contributed by atoms with Gasteiger partial charge in [-0.05, 0) is 38.5 Å². The van der Waals surface area contributed by atoms with Gasteiger partial charge >= 0.3 is 0 Å². The summed E-state index contributed by atoms with van der Waals surface area (Å²) < 4.78 is 0. The van der Waals surface area contributed by atoms with Gasteiger partial charge < -0.3 is 10.2 Å². The lowest BCUT2D eigenvalue weighted by atomic mass is 10.2. The number of benzene rings is 1. The number of aromatic nitrogens is 3. The molecule has 0 radical (unpaired) electrons. The standard InChI is InChI=1S/C20H23N5OS/c1-4-25(16-9-6-5-8-14(16)2)13-12-23-19(26)17-15(3)24-20(27-17)18-21-10-7-11-22-18/h5-11H,4,12-13H2,1-3H3,(H,23,26). The highest BCUT2D eigenvalue weighted by atomic mass is 32.1. The van der Waals surface area contributed by atoms with Gasteiger partial charge in [0.2, 0.25) is 0 Å². The monoisotopic (exact) mass is 381 g/mol. The molecule has 2 aromatic heterocycles. The lowest BCUT2D eigenvalue weighted by molar-refractivity contribution is 0.0958. The molecule has 2 heterocycles. The summed E-state index contributed by atoms with van der Waals surface area (Å²) in [4.78, 5) is 28.3. The fourth-order valence-corrected chi connectivity index (χ4v) is 3.79. The zero-order chi connectivity index (χ0) is 19.2. The molecule has 3 rings (SSSR count). The van der Waals surface area contributed by atoms with E-state index in [0.717, 1.165) is 13.1 Å². The van der Waals surface area contributed by atoms with E-state index in [1.54, 1.807) is 18.5 Å². The molecule has 0 saturated carbocycles. The maximum Gasteiger partial charge on any atom is 0.263 e. The van der Waals surface area contributed by atoms with Crippen molar-refractivity contribution < 1.29 is 4.79 Å². The number of para-hydroxylation sites is 1. The lowest BCUT2D eigenvalue weighted by Gasteiger charge is -2.25. The van der Waals surface area contributed by atoms with Crippen molar-refractivity contribution >= 4 is 22.9 Å². The Kier molecular flexibility index (Phi) is 6.13. The molecule has 0 spiro atoms. The van der Waals surface area contributed by atoms with Crippen molar-refractivity contribution in [1.82, 2.24) is 20.3 Å². The third kappa shape index (κ3) is 4.49. The van der Waals surface area contributed by atoms with E-state index in [9.17, 15) is 4.79 Å². The van der Waals surface area contributed by atoms with Gasteiger partial charge in [0.15, 0.2) is 10.8 Å². The number of anilines is 1. The second-order valence-electron chi connectivity index (χ2n) is 6.13. The highest BCUT2D eigenvalue weighted by molar-refractivity contribution is 7.17. The Labute approximate surface area is 163 Å². The third-order valence-electron chi connectivity index (χ3n) is 4.27. The van der Waals surface area contributed by atoms with E-state index < -0.39 is 0 Å². The van der Waals surface area contributed by atoms with Crippen LogP contribution in [0.4, 0.5) is 5.69 Å². The largest absolute Gasteiger partial charge is 0.370 e. The fourth-order valence-electron chi connectivity index (χ4n) is 2.86. The van der Waals surface area contributed by atoms with Crippen LogP contribution in [-0.4, -0.2) is 40.5 Å². The van der Waals surface area contributed by atoms with Crippen molar-refractivity contribution in [1.29, 1.82) is 0 Å². The van der Waals surface area contributed by atoms with Gasteiger partial charge in [0.1, 0.15) is 4.88 Å². The first-order valence-electron chi connectivity index (χ1n) is 8.93. The molecule has 27 heavy (non-hydrogen) atoms. The summed E-state index contributed by atoms with van der Waals surface area (Å²) >= 11 is 1.32. The lowest BCUT2D eigenvalue weighted by Crippen LogP contribution is -2.35. The fraction of sp³-hybridized carbons (Fsp3) is 0.300. The van der Waals surface area contributed by atoms with Crippen LogP contribution in [0.2, 0.25) is 0 Å². The van der Waals surface area contributed by atoms with E-state index in [2.05, 4.69) is 51.1 Å². The second kappa shape index (κ2) is 8.73. The first-order chi connectivity index (χ1) is 13.1. The van der Waals surface area contributed by atoms with Gasteiger partial charge in [-0.3, -0.25) is 4.79 Å². The molecular weight excluding hydrogens is 358 g/mol. The number of rotatable bonds is 7. The van der Waals surface area contributed by atoms with E-state index >= 15 is 0 Å². The molecule has 140 valence electrons. The molecule has 0 fully saturated rings. The Morgan fingerprint density at radius 1 is 1.15 bits per heavy atom. The van der Waals surface area contributed by atoms with Crippen molar-refractivity contribution in [2.45, 2.75) is 20.8 Å². The number of carbonyl (C=O) groups is 1. The number of carbonyl (C=O) groups excluding carboxylic acids is 1. The summed E-state index contributed by atoms with van der Waals surface area (Å²) in [5.74, 6) is 0.439. The average Bonchev–Trinajstić information content (AvgIpc) is 3.08. The van der Waals surface area contributed by atoms with Crippen molar-refractivity contribution in [2.75, 3.05) is 24.5 Å². The first-order valence-corrected chi connectivity index (χ1v) is 9.75. The van der Waals surface area contributed by atoms with Crippen LogP contribution >= 0.6 is 11.3 Å². The molecule has 0 saturated heterocycles. The number of aryl methyl sites for hydroxylation is 2. The summed E-state index contributed by atoms with van der Waals surface area (Å²) in [5, 5.41) is 3.67. The predicted octanol–water partition coefficient (Wildman–Crippen LogP) is 3.47. The van der Waals surface area contributed by atoms with Gasteiger partial charge in [-0.25, -0.2) is 15.0 Å².